The minimum atomic E-state index is -1.55. The summed E-state index contributed by atoms with van der Waals surface area (Å²) >= 11 is 0. The molecule has 0 spiro atoms. The van der Waals surface area contributed by atoms with Crippen LogP contribution in [0.3, 0.4) is 0 Å². The first-order valence-electron chi connectivity index (χ1n) is 13.3. The van der Waals surface area contributed by atoms with Crippen LogP contribution in [0.25, 0.3) is 0 Å². The molecule has 0 amide bonds. The first-order chi connectivity index (χ1) is 20.2. The number of rotatable bonds is 13. The fourth-order valence-corrected chi connectivity index (χ4v) is 4.83. The van der Waals surface area contributed by atoms with Gasteiger partial charge in [0.05, 0.1) is 34.0 Å². The molecular formula is C28H38O14. The molecule has 42 heavy (non-hydrogen) atoms. The predicted octanol–water partition coefficient (Wildman–Crippen LogP) is -0.537. The van der Waals surface area contributed by atoms with Crippen LogP contribution in [0.4, 0.5) is 0 Å². The second kappa shape index (κ2) is 14.6. The Morgan fingerprint density at radius 3 is 2.26 bits per heavy atom. The maximum atomic E-state index is 10.7. The van der Waals surface area contributed by atoms with Crippen molar-refractivity contribution >= 4 is 0 Å². The molecular weight excluding hydrogens is 560 g/mol. The van der Waals surface area contributed by atoms with Gasteiger partial charge in [-0.15, -0.1) is 0 Å². The Balaban J connectivity index is 1.52. The summed E-state index contributed by atoms with van der Waals surface area (Å²) in [7, 11) is 4.18. The van der Waals surface area contributed by atoms with Crippen molar-refractivity contribution in [2.45, 2.75) is 61.4 Å². The van der Waals surface area contributed by atoms with Crippen molar-refractivity contribution in [2.24, 2.45) is 0 Å². The minimum Gasteiger partial charge on any atom is -0.504 e. The Bertz CT molecular complexity index is 1130. The molecule has 4 rings (SSSR count). The zero-order valence-corrected chi connectivity index (χ0v) is 23.4. The highest BCUT2D eigenvalue weighted by Crippen LogP contribution is 2.36. The highest BCUT2D eigenvalue weighted by molar-refractivity contribution is 5.43. The smallest absolute Gasteiger partial charge is 0.187 e. The molecule has 0 aromatic heterocycles. The molecule has 2 aromatic rings. The third kappa shape index (κ3) is 7.06. The largest absolute Gasteiger partial charge is 0.504 e. The fraction of sp³-hybridized carbons (Fsp3) is 0.571. The average molecular weight is 599 g/mol. The summed E-state index contributed by atoms with van der Waals surface area (Å²) in [5.41, 5.74) is 0.457. The molecule has 0 bridgehead atoms. The summed E-state index contributed by atoms with van der Waals surface area (Å²) in [5, 5.41) is 62.5. The molecule has 14 heteroatoms. The Morgan fingerprint density at radius 1 is 0.881 bits per heavy atom. The Kier molecular flexibility index (Phi) is 11.2. The SMILES string of the molecule is COc1cc(C(OC[C@@H]2O[C@@H](O[C@@H]3[C@@H](O)[C@H](OC)OC[C@H]3O)[C@H](O)[C@H]2O)C(CO)Oc2ccccc2OC)ccc1O. The van der Waals surface area contributed by atoms with Crippen LogP contribution in [0.5, 0.6) is 23.0 Å². The van der Waals surface area contributed by atoms with Crippen LogP contribution in [-0.4, -0.2) is 127 Å². The van der Waals surface area contributed by atoms with E-state index in [0.29, 0.717) is 17.1 Å². The standard InChI is InChI=1S/C28H38O14/c1-35-17-6-4-5-7-18(17)40-20(11-29)25(14-8-9-15(30)19(10-14)36-2)38-13-21-22(32)23(33)28(41-21)42-26-16(31)12-39-27(37-3)24(26)34/h4-10,16,20-34H,11-13H2,1-3H3/t16-,20?,21+,22+,23-,24-,25?,26+,27-,28+/m1/s1. The summed E-state index contributed by atoms with van der Waals surface area (Å²) in [6.45, 7) is -1.00. The van der Waals surface area contributed by atoms with Gasteiger partial charge in [-0.25, -0.2) is 0 Å². The van der Waals surface area contributed by atoms with Crippen LogP contribution in [0, 0.1) is 0 Å². The number of hydrogen-bond acceptors (Lipinski definition) is 14. The number of para-hydroxylation sites is 2. The van der Waals surface area contributed by atoms with E-state index in [1.807, 2.05) is 0 Å². The molecule has 2 saturated heterocycles. The topological polar surface area (TPSA) is 195 Å². The molecule has 14 nitrogen and oxygen atoms in total. The van der Waals surface area contributed by atoms with E-state index in [0.717, 1.165) is 0 Å². The lowest BCUT2D eigenvalue weighted by Gasteiger charge is -2.38. The van der Waals surface area contributed by atoms with Gasteiger partial charge in [0.15, 0.2) is 41.7 Å². The molecule has 10 atom stereocenters. The lowest BCUT2D eigenvalue weighted by Crippen LogP contribution is -2.56. The number of ether oxygens (including phenoxy) is 8. The number of aliphatic hydroxyl groups excluding tert-OH is 5. The van der Waals surface area contributed by atoms with E-state index in [-0.39, 0.29) is 24.7 Å². The van der Waals surface area contributed by atoms with Gasteiger partial charge >= 0.3 is 0 Å². The van der Waals surface area contributed by atoms with Crippen molar-refractivity contribution in [2.75, 3.05) is 41.2 Å². The first kappa shape index (κ1) is 32.2. The molecule has 0 saturated carbocycles. The van der Waals surface area contributed by atoms with E-state index in [2.05, 4.69) is 0 Å². The van der Waals surface area contributed by atoms with Crippen molar-refractivity contribution < 1.29 is 68.5 Å². The first-order valence-corrected chi connectivity index (χ1v) is 13.3. The van der Waals surface area contributed by atoms with E-state index < -0.39 is 68.0 Å². The average Bonchev–Trinajstić information content (AvgIpc) is 3.27. The molecule has 2 fully saturated rings. The summed E-state index contributed by atoms with van der Waals surface area (Å²) in [6, 6.07) is 11.3. The molecule has 6 N–H and O–H groups in total. The molecule has 234 valence electrons. The molecule has 2 unspecified atom stereocenters. The van der Waals surface area contributed by atoms with Gasteiger partial charge in [-0.2, -0.15) is 0 Å². The number of methoxy groups -OCH3 is 3. The summed E-state index contributed by atoms with van der Waals surface area (Å²) in [4.78, 5) is 0. The molecule has 2 aromatic carbocycles. The minimum absolute atomic E-state index is 0.114. The van der Waals surface area contributed by atoms with E-state index in [4.69, 9.17) is 37.9 Å². The molecule has 2 aliphatic rings. The van der Waals surface area contributed by atoms with Crippen molar-refractivity contribution in [1.82, 2.24) is 0 Å². The van der Waals surface area contributed by atoms with E-state index in [1.165, 1.54) is 33.5 Å². The monoisotopic (exact) mass is 598 g/mol. The number of phenols is 1. The van der Waals surface area contributed by atoms with E-state index in [1.54, 1.807) is 30.3 Å². The number of aliphatic hydroxyl groups is 5. The van der Waals surface area contributed by atoms with Crippen molar-refractivity contribution in [1.29, 1.82) is 0 Å². The van der Waals surface area contributed by atoms with Gasteiger partial charge in [-0.3, -0.25) is 0 Å². The van der Waals surface area contributed by atoms with Gasteiger partial charge in [0.2, 0.25) is 0 Å². The van der Waals surface area contributed by atoms with Crippen LogP contribution in [0.15, 0.2) is 42.5 Å². The van der Waals surface area contributed by atoms with E-state index >= 15 is 0 Å². The molecule has 2 heterocycles. The lowest BCUT2D eigenvalue weighted by molar-refractivity contribution is -0.304. The van der Waals surface area contributed by atoms with Gasteiger partial charge in [0.1, 0.15) is 42.7 Å². The Labute approximate surface area is 242 Å². The number of phenolic OH excluding ortho intramolecular Hbond substituents is 1. The van der Waals surface area contributed by atoms with Crippen LogP contribution in [0.2, 0.25) is 0 Å². The van der Waals surface area contributed by atoms with Crippen molar-refractivity contribution in [3.63, 3.8) is 0 Å². The normalized spacial score (nSPS) is 31.0. The van der Waals surface area contributed by atoms with Crippen LogP contribution >= 0.6 is 0 Å². The number of benzene rings is 2. The number of hydrogen-bond donors (Lipinski definition) is 6. The number of aromatic hydroxyl groups is 1. The predicted molar refractivity (Wildman–Crippen MR) is 142 cm³/mol. The highest BCUT2D eigenvalue weighted by Gasteiger charge is 2.49. The molecule has 0 radical (unpaired) electrons. The highest BCUT2D eigenvalue weighted by atomic mass is 16.7. The summed E-state index contributed by atoms with van der Waals surface area (Å²) in [5.74, 6) is 0.794. The maximum Gasteiger partial charge on any atom is 0.187 e. The van der Waals surface area contributed by atoms with Gasteiger partial charge in [-0.1, -0.05) is 18.2 Å². The van der Waals surface area contributed by atoms with Crippen LogP contribution in [-0.2, 0) is 23.7 Å². The van der Waals surface area contributed by atoms with Crippen molar-refractivity contribution in [3.05, 3.63) is 48.0 Å². The van der Waals surface area contributed by atoms with Gasteiger partial charge < -0.3 is 68.5 Å². The maximum absolute atomic E-state index is 10.7. The second-order valence-electron chi connectivity index (χ2n) is 9.80. The molecule has 2 aliphatic heterocycles. The third-order valence-corrected chi connectivity index (χ3v) is 7.11. The van der Waals surface area contributed by atoms with Gasteiger partial charge in [0, 0.05) is 7.11 Å². The third-order valence-electron chi connectivity index (χ3n) is 7.11. The van der Waals surface area contributed by atoms with Crippen LogP contribution < -0.4 is 14.2 Å². The van der Waals surface area contributed by atoms with Gasteiger partial charge in [-0.05, 0) is 29.8 Å². The second-order valence-corrected chi connectivity index (χ2v) is 9.80. The zero-order chi connectivity index (χ0) is 30.4. The van der Waals surface area contributed by atoms with Crippen LogP contribution in [0.1, 0.15) is 11.7 Å². The van der Waals surface area contributed by atoms with E-state index in [9.17, 15) is 30.6 Å². The fourth-order valence-electron chi connectivity index (χ4n) is 4.83. The van der Waals surface area contributed by atoms with Crippen molar-refractivity contribution in [3.8, 4) is 23.0 Å². The quantitative estimate of drug-likeness (QED) is 0.172. The molecule has 0 aliphatic carbocycles. The Hall–Kier alpha value is -2.76. The lowest BCUT2D eigenvalue weighted by atomic mass is 10.0. The Morgan fingerprint density at radius 2 is 1.60 bits per heavy atom. The van der Waals surface area contributed by atoms with Gasteiger partial charge in [0.25, 0.3) is 0 Å². The zero-order valence-electron chi connectivity index (χ0n) is 23.4. The summed E-state index contributed by atoms with van der Waals surface area (Å²) in [6.07, 6.45) is -12.5. The summed E-state index contributed by atoms with van der Waals surface area (Å²) < 4.78 is 44.4.